The van der Waals surface area contributed by atoms with Crippen LogP contribution in [0, 0.1) is 0 Å². The van der Waals surface area contributed by atoms with E-state index in [0.29, 0.717) is 13.1 Å². The molecule has 2 amide bonds. The molecule has 0 spiro atoms. The zero-order chi connectivity index (χ0) is 14.5. The third kappa shape index (κ3) is 3.46. The lowest BCUT2D eigenvalue weighted by molar-refractivity contribution is -0.138. The number of urea groups is 1. The van der Waals surface area contributed by atoms with Gasteiger partial charge in [-0.2, -0.15) is 0 Å². The van der Waals surface area contributed by atoms with E-state index in [0.717, 1.165) is 18.5 Å². The van der Waals surface area contributed by atoms with Crippen LogP contribution in [0.3, 0.4) is 0 Å². The second-order valence-electron chi connectivity index (χ2n) is 5.05. The van der Waals surface area contributed by atoms with E-state index in [-0.39, 0.29) is 18.5 Å². The molecule has 1 saturated heterocycles. The zero-order valence-corrected chi connectivity index (χ0v) is 11.5. The van der Waals surface area contributed by atoms with E-state index in [1.165, 1.54) is 0 Å². The fraction of sp³-hybridized carbons (Fsp3) is 0.500. The van der Waals surface area contributed by atoms with Crippen LogP contribution in [0.5, 0.6) is 0 Å². The van der Waals surface area contributed by atoms with Crippen molar-refractivity contribution in [1.29, 1.82) is 0 Å². The fourth-order valence-corrected chi connectivity index (χ4v) is 2.52. The van der Waals surface area contributed by atoms with Crippen molar-refractivity contribution in [3.63, 3.8) is 0 Å². The summed E-state index contributed by atoms with van der Waals surface area (Å²) in [6.45, 7) is 1.05. The normalized spacial score (nSPS) is 18.1. The Kier molecular flexibility index (Phi) is 4.55. The van der Waals surface area contributed by atoms with Crippen molar-refractivity contribution in [2.45, 2.75) is 31.8 Å². The van der Waals surface area contributed by atoms with E-state index in [1.807, 2.05) is 18.2 Å². The van der Waals surface area contributed by atoms with Gasteiger partial charge in [0.15, 0.2) is 0 Å². The highest BCUT2D eigenvalue weighted by Crippen LogP contribution is 2.21. The number of amides is 2. The van der Waals surface area contributed by atoms with Crippen molar-refractivity contribution in [3.8, 4) is 0 Å². The summed E-state index contributed by atoms with van der Waals surface area (Å²) in [5.41, 5.74) is 0.817. The van der Waals surface area contributed by atoms with Gasteiger partial charge < -0.3 is 14.9 Å². The molecule has 1 aliphatic rings. The van der Waals surface area contributed by atoms with Crippen molar-refractivity contribution in [3.05, 3.63) is 30.1 Å². The number of aliphatic carboxylic acids is 1. The molecule has 20 heavy (non-hydrogen) atoms. The number of hydrogen-bond donors (Lipinski definition) is 1. The molecule has 1 aliphatic heterocycles. The van der Waals surface area contributed by atoms with Gasteiger partial charge in [0.2, 0.25) is 0 Å². The third-order valence-corrected chi connectivity index (χ3v) is 3.48. The number of carboxylic acids is 1. The number of carboxylic acid groups (broad SMARTS) is 1. The van der Waals surface area contributed by atoms with E-state index >= 15 is 0 Å². The van der Waals surface area contributed by atoms with Gasteiger partial charge in [0.05, 0.1) is 18.7 Å². The molecular formula is C14H19N3O3. The molecule has 1 atom stereocenters. The predicted molar refractivity (Wildman–Crippen MR) is 73.1 cm³/mol. The molecular weight excluding hydrogens is 258 g/mol. The summed E-state index contributed by atoms with van der Waals surface area (Å²) in [7, 11) is 1.72. The number of rotatable bonds is 4. The van der Waals surface area contributed by atoms with Crippen LogP contribution in [0.25, 0.3) is 0 Å². The van der Waals surface area contributed by atoms with Crippen molar-refractivity contribution in [2.24, 2.45) is 0 Å². The van der Waals surface area contributed by atoms with E-state index in [1.54, 1.807) is 23.0 Å². The first-order valence-electron chi connectivity index (χ1n) is 6.71. The number of carbonyl (C=O) groups excluding carboxylic acids is 1. The van der Waals surface area contributed by atoms with E-state index in [4.69, 9.17) is 5.11 Å². The Hall–Kier alpha value is -2.11. The molecule has 0 bridgehead atoms. The number of pyridine rings is 1. The lowest BCUT2D eigenvalue weighted by atomic mass is 10.1. The van der Waals surface area contributed by atoms with Crippen LogP contribution in [-0.2, 0) is 11.3 Å². The minimum absolute atomic E-state index is 0.0170. The van der Waals surface area contributed by atoms with Gasteiger partial charge in [-0.1, -0.05) is 6.07 Å². The van der Waals surface area contributed by atoms with Gasteiger partial charge in [0.25, 0.3) is 0 Å². The van der Waals surface area contributed by atoms with Crippen LogP contribution in [0.15, 0.2) is 24.4 Å². The van der Waals surface area contributed by atoms with Crippen molar-refractivity contribution in [1.82, 2.24) is 14.8 Å². The molecule has 0 aliphatic carbocycles. The fourth-order valence-electron chi connectivity index (χ4n) is 2.52. The summed E-state index contributed by atoms with van der Waals surface area (Å²) in [6.07, 6.45) is 3.33. The van der Waals surface area contributed by atoms with Crippen molar-refractivity contribution < 1.29 is 14.7 Å². The Labute approximate surface area is 118 Å². The first-order valence-corrected chi connectivity index (χ1v) is 6.71. The van der Waals surface area contributed by atoms with Gasteiger partial charge in [-0.25, -0.2) is 4.79 Å². The maximum Gasteiger partial charge on any atom is 0.320 e. The zero-order valence-electron chi connectivity index (χ0n) is 11.5. The van der Waals surface area contributed by atoms with Gasteiger partial charge in [0, 0.05) is 25.8 Å². The summed E-state index contributed by atoms with van der Waals surface area (Å²) in [6, 6.07) is 5.26. The summed E-state index contributed by atoms with van der Waals surface area (Å²) in [4.78, 5) is 30.6. The summed E-state index contributed by atoms with van der Waals surface area (Å²) in [5.74, 6) is -0.859. The SMILES string of the molecule is CN(Cc1ccccn1)C(=O)N1CCCC1CC(=O)O. The number of hydrogen-bond acceptors (Lipinski definition) is 3. The van der Waals surface area contributed by atoms with Gasteiger partial charge in [0.1, 0.15) is 0 Å². The molecule has 108 valence electrons. The van der Waals surface area contributed by atoms with E-state index < -0.39 is 5.97 Å². The Morgan fingerprint density at radius 2 is 2.30 bits per heavy atom. The van der Waals surface area contributed by atoms with Crippen LogP contribution >= 0.6 is 0 Å². The summed E-state index contributed by atoms with van der Waals surface area (Å²) in [5, 5.41) is 8.89. The average Bonchev–Trinajstić information content (AvgIpc) is 2.86. The highest BCUT2D eigenvalue weighted by atomic mass is 16.4. The number of nitrogens with zero attached hydrogens (tertiary/aromatic N) is 3. The molecule has 1 fully saturated rings. The smallest absolute Gasteiger partial charge is 0.320 e. The summed E-state index contributed by atoms with van der Waals surface area (Å²) < 4.78 is 0. The Morgan fingerprint density at radius 1 is 1.50 bits per heavy atom. The van der Waals surface area contributed by atoms with Gasteiger partial charge >= 0.3 is 12.0 Å². The van der Waals surface area contributed by atoms with Crippen LogP contribution in [0.1, 0.15) is 25.0 Å². The minimum atomic E-state index is -0.859. The van der Waals surface area contributed by atoms with Crippen LogP contribution in [0.4, 0.5) is 4.79 Å². The lowest BCUT2D eigenvalue weighted by Crippen LogP contribution is -2.44. The standard InChI is InChI=1S/C14H19N3O3/c1-16(10-11-5-2-3-7-15-11)14(20)17-8-4-6-12(17)9-13(18)19/h2-3,5,7,12H,4,6,8-10H2,1H3,(H,18,19). The van der Waals surface area contributed by atoms with Crippen LogP contribution < -0.4 is 0 Å². The topological polar surface area (TPSA) is 73.7 Å². The third-order valence-electron chi connectivity index (χ3n) is 3.48. The first-order chi connectivity index (χ1) is 9.58. The van der Waals surface area contributed by atoms with E-state index in [9.17, 15) is 9.59 Å². The molecule has 0 aromatic carbocycles. The quantitative estimate of drug-likeness (QED) is 0.906. The maximum absolute atomic E-state index is 12.4. The lowest BCUT2D eigenvalue weighted by Gasteiger charge is -2.28. The van der Waals surface area contributed by atoms with Gasteiger partial charge in [-0.15, -0.1) is 0 Å². The average molecular weight is 277 g/mol. The highest BCUT2D eigenvalue weighted by Gasteiger charge is 2.32. The number of aromatic nitrogens is 1. The maximum atomic E-state index is 12.4. The monoisotopic (exact) mass is 277 g/mol. The number of carbonyl (C=O) groups is 2. The second kappa shape index (κ2) is 6.36. The molecule has 6 nitrogen and oxygen atoms in total. The van der Waals surface area contributed by atoms with Crippen LogP contribution in [-0.4, -0.2) is 51.5 Å². The van der Waals surface area contributed by atoms with Gasteiger partial charge in [-0.3, -0.25) is 9.78 Å². The van der Waals surface area contributed by atoms with Crippen LogP contribution in [0.2, 0.25) is 0 Å². The highest BCUT2D eigenvalue weighted by molar-refractivity contribution is 5.76. The molecule has 0 saturated carbocycles. The van der Waals surface area contributed by atoms with Crippen molar-refractivity contribution in [2.75, 3.05) is 13.6 Å². The Bertz CT molecular complexity index is 478. The van der Waals surface area contributed by atoms with E-state index in [2.05, 4.69) is 4.98 Å². The molecule has 1 N–H and O–H groups in total. The molecule has 1 aromatic rings. The summed E-state index contributed by atoms with van der Waals surface area (Å²) >= 11 is 0. The molecule has 1 aromatic heterocycles. The Morgan fingerprint density at radius 3 is 2.95 bits per heavy atom. The van der Waals surface area contributed by atoms with Crippen molar-refractivity contribution >= 4 is 12.0 Å². The number of likely N-dealkylation sites (tertiary alicyclic amines) is 1. The molecule has 1 unspecified atom stereocenters. The molecule has 0 radical (unpaired) electrons. The largest absolute Gasteiger partial charge is 0.481 e. The molecule has 2 rings (SSSR count). The van der Waals surface area contributed by atoms with Gasteiger partial charge in [-0.05, 0) is 25.0 Å². The first kappa shape index (κ1) is 14.3. The molecule has 6 heteroatoms. The molecule has 2 heterocycles. The Balaban J connectivity index is 1.97. The second-order valence-corrected chi connectivity index (χ2v) is 5.05. The predicted octanol–water partition coefficient (Wildman–Crippen LogP) is 1.57. The minimum Gasteiger partial charge on any atom is -0.481 e.